The number of hydrogen-bond acceptors (Lipinski definition) is 7. The lowest BCUT2D eigenvalue weighted by atomic mass is 9.97. The van der Waals surface area contributed by atoms with Crippen molar-refractivity contribution in [2.24, 2.45) is 7.05 Å². The molecule has 1 saturated heterocycles. The summed E-state index contributed by atoms with van der Waals surface area (Å²) in [5, 5.41) is 9.79. The molecule has 3 heterocycles. The summed E-state index contributed by atoms with van der Waals surface area (Å²) < 4.78 is 2.18. The number of nitrogens with zero attached hydrogens (tertiary/aromatic N) is 7. The molecule has 0 aromatic carbocycles. The van der Waals surface area contributed by atoms with Gasteiger partial charge in [-0.15, -0.1) is 10.2 Å². The summed E-state index contributed by atoms with van der Waals surface area (Å²) in [6.07, 6.45) is 7.46. The molecule has 0 bridgehead atoms. The van der Waals surface area contributed by atoms with E-state index >= 15 is 0 Å². The van der Waals surface area contributed by atoms with Crippen molar-refractivity contribution in [1.29, 1.82) is 0 Å². The zero-order valence-corrected chi connectivity index (χ0v) is 17.7. The third kappa shape index (κ3) is 5.49. The molecule has 0 aliphatic carbocycles. The Kier molecular flexibility index (Phi) is 7.20. The molecule has 1 aliphatic heterocycles. The normalized spacial score (nSPS) is 18.3. The Bertz CT molecular complexity index is 713. The van der Waals surface area contributed by atoms with Crippen LogP contribution in [0.1, 0.15) is 49.3 Å². The van der Waals surface area contributed by atoms with Gasteiger partial charge in [-0.1, -0.05) is 18.7 Å². The Morgan fingerprint density at radius 1 is 1.22 bits per heavy atom. The first-order valence-electron chi connectivity index (χ1n) is 9.75. The first-order chi connectivity index (χ1) is 13.1. The fourth-order valence-corrected chi connectivity index (χ4v) is 4.15. The molecule has 8 heteroatoms. The molecule has 27 heavy (non-hydrogen) atoms. The molecule has 7 nitrogen and oxygen atoms in total. The van der Waals surface area contributed by atoms with Crippen LogP contribution in [0.15, 0.2) is 17.6 Å². The molecule has 0 radical (unpaired) electrons. The van der Waals surface area contributed by atoms with Gasteiger partial charge in [-0.2, -0.15) is 0 Å². The molecule has 1 atom stereocenters. The lowest BCUT2D eigenvalue weighted by Crippen LogP contribution is -2.35. The van der Waals surface area contributed by atoms with Crippen LogP contribution in [-0.4, -0.2) is 67.5 Å². The van der Waals surface area contributed by atoms with Crippen LogP contribution in [0.3, 0.4) is 0 Å². The standard InChI is InChI=1S/C19H31N7S/c1-5-9-27-19-20-10-15(11-21-19)12-26-8-6-7-16(13-26)18-23-22-17(25(18)4)14-24(2)3/h10-11,16H,5-9,12-14H2,1-4H3/t16-/m0/s1. The minimum absolute atomic E-state index is 0.437. The smallest absolute Gasteiger partial charge is 0.187 e. The van der Waals surface area contributed by atoms with Crippen molar-refractivity contribution in [3.8, 4) is 0 Å². The fourth-order valence-electron chi connectivity index (χ4n) is 3.51. The van der Waals surface area contributed by atoms with Gasteiger partial charge >= 0.3 is 0 Å². The van der Waals surface area contributed by atoms with Gasteiger partial charge in [0, 0.05) is 49.8 Å². The highest BCUT2D eigenvalue weighted by Gasteiger charge is 2.26. The molecule has 148 valence electrons. The average molecular weight is 390 g/mol. The molecule has 1 aliphatic rings. The van der Waals surface area contributed by atoms with Gasteiger partial charge in [0.15, 0.2) is 5.16 Å². The van der Waals surface area contributed by atoms with Crippen molar-refractivity contribution in [3.05, 3.63) is 29.6 Å². The topological polar surface area (TPSA) is 63.0 Å². The van der Waals surface area contributed by atoms with E-state index in [4.69, 9.17) is 0 Å². The van der Waals surface area contributed by atoms with E-state index in [1.165, 1.54) is 18.4 Å². The van der Waals surface area contributed by atoms with Crippen LogP contribution in [0.25, 0.3) is 0 Å². The van der Waals surface area contributed by atoms with Gasteiger partial charge in [-0.3, -0.25) is 4.90 Å². The Morgan fingerprint density at radius 3 is 2.70 bits per heavy atom. The third-order valence-corrected chi connectivity index (χ3v) is 5.93. The van der Waals surface area contributed by atoms with Gasteiger partial charge in [0.1, 0.15) is 11.6 Å². The molecular weight excluding hydrogens is 358 g/mol. The molecule has 0 spiro atoms. The van der Waals surface area contributed by atoms with Gasteiger partial charge in [-0.05, 0) is 39.9 Å². The maximum Gasteiger partial charge on any atom is 0.187 e. The second-order valence-corrected chi connectivity index (χ2v) is 8.63. The lowest BCUT2D eigenvalue weighted by molar-refractivity contribution is 0.194. The summed E-state index contributed by atoms with van der Waals surface area (Å²) in [4.78, 5) is 13.6. The SMILES string of the molecule is CCCSc1ncc(CN2CCC[C@H](c3nnc(CN(C)C)n3C)C2)cn1. The maximum atomic E-state index is 4.51. The van der Waals surface area contributed by atoms with Crippen LogP contribution < -0.4 is 0 Å². The molecule has 0 N–H and O–H groups in total. The second kappa shape index (κ2) is 9.61. The van der Waals surface area contributed by atoms with Crippen molar-refractivity contribution in [3.63, 3.8) is 0 Å². The van der Waals surface area contributed by atoms with Crippen LogP contribution >= 0.6 is 11.8 Å². The van der Waals surface area contributed by atoms with E-state index in [9.17, 15) is 0 Å². The number of piperidine rings is 1. The predicted molar refractivity (Wildman–Crippen MR) is 109 cm³/mol. The van der Waals surface area contributed by atoms with E-state index in [1.807, 2.05) is 12.4 Å². The third-order valence-electron chi connectivity index (χ3n) is 4.85. The van der Waals surface area contributed by atoms with Crippen molar-refractivity contribution in [2.75, 3.05) is 32.9 Å². The van der Waals surface area contributed by atoms with Crippen molar-refractivity contribution in [2.45, 2.75) is 50.4 Å². The number of aromatic nitrogens is 5. The van der Waals surface area contributed by atoms with Crippen LogP contribution in [-0.2, 0) is 20.1 Å². The molecular formula is C19H31N7S. The molecule has 1 fully saturated rings. The molecule has 2 aromatic rings. The second-order valence-electron chi connectivity index (χ2n) is 7.57. The van der Waals surface area contributed by atoms with Gasteiger partial charge in [0.2, 0.25) is 0 Å². The summed E-state index contributed by atoms with van der Waals surface area (Å²) in [7, 11) is 6.21. The summed E-state index contributed by atoms with van der Waals surface area (Å²) in [6.45, 7) is 6.03. The van der Waals surface area contributed by atoms with Gasteiger partial charge in [-0.25, -0.2) is 9.97 Å². The summed E-state index contributed by atoms with van der Waals surface area (Å²) >= 11 is 1.72. The van der Waals surface area contributed by atoms with E-state index < -0.39 is 0 Å². The highest BCUT2D eigenvalue weighted by Crippen LogP contribution is 2.27. The zero-order valence-electron chi connectivity index (χ0n) is 16.9. The van der Waals surface area contributed by atoms with E-state index in [2.05, 4.69) is 62.6 Å². The first kappa shape index (κ1) is 20.2. The van der Waals surface area contributed by atoms with Gasteiger partial charge in [0.05, 0.1) is 6.54 Å². The van der Waals surface area contributed by atoms with Crippen LogP contribution in [0, 0.1) is 0 Å². The average Bonchev–Trinajstić information content (AvgIpc) is 3.01. The Hall–Kier alpha value is -1.51. The number of hydrogen-bond donors (Lipinski definition) is 0. The van der Waals surface area contributed by atoms with Crippen molar-refractivity contribution < 1.29 is 0 Å². The molecule has 0 amide bonds. The minimum atomic E-state index is 0.437. The van der Waals surface area contributed by atoms with Crippen molar-refractivity contribution in [1.82, 2.24) is 34.5 Å². The highest BCUT2D eigenvalue weighted by atomic mass is 32.2. The Labute approximate surface area is 166 Å². The largest absolute Gasteiger partial charge is 0.317 e. The lowest BCUT2D eigenvalue weighted by Gasteiger charge is -2.32. The van der Waals surface area contributed by atoms with Crippen LogP contribution in [0.2, 0.25) is 0 Å². The van der Waals surface area contributed by atoms with Gasteiger partial charge < -0.3 is 9.47 Å². The summed E-state index contributed by atoms with van der Waals surface area (Å²) in [6, 6.07) is 0. The molecule has 2 aromatic heterocycles. The van der Waals surface area contributed by atoms with Gasteiger partial charge in [0.25, 0.3) is 0 Å². The van der Waals surface area contributed by atoms with Crippen LogP contribution in [0.5, 0.6) is 0 Å². The molecule has 0 unspecified atom stereocenters. The summed E-state index contributed by atoms with van der Waals surface area (Å²) in [5.41, 5.74) is 1.18. The number of thioether (sulfide) groups is 1. The zero-order chi connectivity index (χ0) is 19.2. The minimum Gasteiger partial charge on any atom is -0.317 e. The van der Waals surface area contributed by atoms with E-state index in [0.717, 1.165) is 55.2 Å². The summed E-state index contributed by atoms with van der Waals surface area (Å²) in [5.74, 6) is 3.65. The number of likely N-dealkylation sites (tertiary alicyclic amines) is 1. The fraction of sp³-hybridized carbons (Fsp3) is 0.684. The highest BCUT2D eigenvalue weighted by molar-refractivity contribution is 7.99. The maximum absolute atomic E-state index is 4.51. The first-order valence-corrected chi connectivity index (χ1v) is 10.7. The van der Waals surface area contributed by atoms with Crippen molar-refractivity contribution >= 4 is 11.8 Å². The van der Waals surface area contributed by atoms with E-state index in [-0.39, 0.29) is 0 Å². The monoisotopic (exact) mass is 389 g/mol. The number of rotatable bonds is 8. The van der Waals surface area contributed by atoms with E-state index in [0.29, 0.717) is 5.92 Å². The Morgan fingerprint density at radius 2 is 2.00 bits per heavy atom. The molecule has 3 rings (SSSR count). The molecule has 0 saturated carbocycles. The van der Waals surface area contributed by atoms with Crippen LogP contribution in [0.4, 0.5) is 0 Å². The van der Waals surface area contributed by atoms with E-state index in [1.54, 1.807) is 11.8 Å². The predicted octanol–water partition coefficient (Wildman–Crippen LogP) is 2.55. The Balaban J connectivity index is 1.60. The quantitative estimate of drug-likeness (QED) is 0.508.